The molecule has 5 heteroatoms. The highest BCUT2D eigenvalue weighted by Crippen LogP contribution is 2.42. The molecule has 1 heterocycles. The Bertz CT molecular complexity index is 1010. The molecular weight excluding hydrogens is 380 g/mol. The minimum atomic E-state index is -0.511. The van der Waals surface area contributed by atoms with Gasteiger partial charge >= 0.3 is 0 Å². The van der Waals surface area contributed by atoms with Gasteiger partial charge in [-0.3, -0.25) is 4.79 Å². The van der Waals surface area contributed by atoms with Crippen LogP contribution in [0.5, 0.6) is 23.0 Å². The van der Waals surface area contributed by atoms with Crippen LogP contribution in [0.1, 0.15) is 61.5 Å². The molecular formula is C25H28O5. The zero-order valence-corrected chi connectivity index (χ0v) is 17.6. The van der Waals surface area contributed by atoms with Crippen LogP contribution in [0, 0.1) is 0 Å². The third-order valence-electron chi connectivity index (χ3n) is 5.30. The Kier molecular flexibility index (Phi) is 6.20. The van der Waals surface area contributed by atoms with E-state index in [2.05, 4.69) is 19.9 Å². The molecule has 3 N–H and O–H groups in total. The summed E-state index contributed by atoms with van der Waals surface area (Å²) in [6.07, 6.45) is 8.41. The molecule has 2 aromatic carbocycles. The summed E-state index contributed by atoms with van der Waals surface area (Å²) in [6.45, 7) is 6.12. The van der Waals surface area contributed by atoms with E-state index in [1.165, 1.54) is 17.7 Å². The van der Waals surface area contributed by atoms with Crippen molar-refractivity contribution < 1.29 is 24.9 Å². The lowest BCUT2D eigenvalue weighted by molar-refractivity contribution is 0.0979. The second-order valence-corrected chi connectivity index (χ2v) is 8.18. The highest BCUT2D eigenvalue weighted by Gasteiger charge is 2.29. The number of aryl methyl sites for hydroxylation is 1. The van der Waals surface area contributed by atoms with Crippen molar-refractivity contribution in [3.05, 3.63) is 64.7 Å². The molecule has 1 unspecified atom stereocenters. The van der Waals surface area contributed by atoms with Crippen molar-refractivity contribution in [1.29, 1.82) is 0 Å². The van der Waals surface area contributed by atoms with E-state index < -0.39 is 5.60 Å². The smallest absolute Gasteiger partial charge is 0.169 e. The number of benzene rings is 2. The number of Topliss-reactive ketones (excluding diaryl/α,β-unsaturated/α-hetero) is 1. The minimum Gasteiger partial charge on any atom is -0.508 e. The normalized spacial score (nSPS) is 17.2. The van der Waals surface area contributed by atoms with E-state index in [1.54, 1.807) is 12.1 Å². The molecule has 2 aromatic rings. The zero-order valence-electron chi connectivity index (χ0n) is 17.6. The lowest BCUT2D eigenvalue weighted by Crippen LogP contribution is -2.32. The number of ether oxygens (including phenoxy) is 1. The average molecular weight is 408 g/mol. The number of phenols is 3. The number of allylic oxidation sites excluding steroid dienone is 2. The fraction of sp³-hybridized carbons (Fsp3) is 0.320. The van der Waals surface area contributed by atoms with Gasteiger partial charge in [-0.1, -0.05) is 23.8 Å². The summed E-state index contributed by atoms with van der Waals surface area (Å²) >= 11 is 0. The third kappa shape index (κ3) is 4.85. The maximum Gasteiger partial charge on any atom is 0.169 e. The number of carbonyl (C=O) groups is 1. The molecule has 0 spiro atoms. The van der Waals surface area contributed by atoms with Crippen LogP contribution in [-0.4, -0.2) is 26.7 Å². The monoisotopic (exact) mass is 408 g/mol. The van der Waals surface area contributed by atoms with Gasteiger partial charge in [0.15, 0.2) is 17.3 Å². The van der Waals surface area contributed by atoms with Gasteiger partial charge in [0.2, 0.25) is 0 Å². The van der Waals surface area contributed by atoms with Crippen molar-refractivity contribution in [3.8, 4) is 23.0 Å². The first-order valence-corrected chi connectivity index (χ1v) is 10.1. The molecule has 0 amide bonds. The number of aromatic hydroxyl groups is 3. The highest BCUT2D eigenvalue weighted by molar-refractivity contribution is 5.98. The van der Waals surface area contributed by atoms with Gasteiger partial charge in [0.25, 0.3) is 0 Å². The number of phenolic OH excluding ortho intramolecular Hbond substituents is 3. The van der Waals surface area contributed by atoms with Gasteiger partial charge in [-0.15, -0.1) is 0 Å². The van der Waals surface area contributed by atoms with Crippen LogP contribution in [0.2, 0.25) is 0 Å². The quantitative estimate of drug-likeness (QED) is 0.414. The highest BCUT2D eigenvalue weighted by atomic mass is 16.5. The molecule has 0 saturated heterocycles. The van der Waals surface area contributed by atoms with Crippen molar-refractivity contribution in [2.45, 2.75) is 52.1 Å². The molecule has 0 bridgehead atoms. The molecule has 30 heavy (non-hydrogen) atoms. The van der Waals surface area contributed by atoms with E-state index >= 15 is 0 Å². The summed E-state index contributed by atoms with van der Waals surface area (Å²) in [5.41, 5.74) is 2.59. The molecule has 3 rings (SSSR count). The van der Waals surface area contributed by atoms with Crippen LogP contribution in [0.25, 0.3) is 6.08 Å². The standard InChI is InChI=1S/C25H28O5/c1-16(2)5-4-13-25(3)14-12-19-17(7-11-22(28)24(19)30-25)6-10-21(27)20-9-8-18(26)15-23(20)29/h5,7-9,11-12,14-15,26,28-29H,4,6,10,13H2,1-3H3. The van der Waals surface area contributed by atoms with E-state index in [0.29, 0.717) is 12.2 Å². The maximum absolute atomic E-state index is 12.5. The zero-order chi connectivity index (χ0) is 21.9. The van der Waals surface area contributed by atoms with Crippen molar-refractivity contribution in [1.82, 2.24) is 0 Å². The number of hydrogen-bond donors (Lipinski definition) is 3. The molecule has 1 atom stereocenters. The summed E-state index contributed by atoms with van der Waals surface area (Å²) in [7, 11) is 0. The minimum absolute atomic E-state index is 0.0778. The lowest BCUT2D eigenvalue weighted by atomic mass is 9.91. The van der Waals surface area contributed by atoms with Crippen molar-refractivity contribution in [2.24, 2.45) is 0 Å². The van der Waals surface area contributed by atoms with E-state index in [4.69, 9.17) is 4.74 Å². The number of carbonyl (C=O) groups excluding carboxylic acids is 1. The van der Waals surface area contributed by atoms with E-state index in [1.807, 2.05) is 19.1 Å². The van der Waals surface area contributed by atoms with Gasteiger partial charge in [0.1, 0.15) is 17.1 Å². The van der Waals surface area contributed by atoms with Crippen molar-refractivity contribution in [3.63, 3.8) is 0 Å². The molecule has 0 aliphatic carbocycles. The van der Waals surface area contributed by atoms with Gasteiger partial charge in [-0.2, -0.15) is 0 Å². The molecule has 0 fully saturated rings. The van der Waals surface area contributed by atoms with Gasteiger partial charge in [-0.25, -0.2) is 0 Å². The molecule has 1 aliphatic rings. The largest absolute Gasteiger partial charge is 0.508 e. The summed E-state index contributed by atoms with van der Waals surface area (Å²) in [5, 5.41) is 29.6. The van der Waals surface area contributed by atoms with E-state index in [0.717, 1.165) is 30.0 Å². The van der Waals surface area contributed by atoms with Gasteiger partial charge < -0.3 is 20.1 Å². The Morgan fingerprint density at radius 2 is 1.87 bits per heavy atom. The number of rotatable bonds is 7. The topological polar surface area (TPSA) is 87.0 Å². The number of ketones is 1. The summed E-state index contributed by atoms with van der Waals surface area (Å²) in [4.78, 5) is 12.5. The summed E-state index contributed by atoms with van der Waals surface area (Å²) in [5.74, 6) is -0.0278. The van der Waals surface area contributed by atoms with Crippen LogP contribution in [0.4, 0.5) is 0 Å². The predicted molar refractivity (Wildman–Crippen MR) is 117 cm³/mol. The Labute approximate surface area is 177 Å². The maximum atomic E-state index is 12.5. The molecule has 0 radical (unpaired) electrons. The van der Waals surface area contributed by atoms with Crippen LogP contribution >= 0.6 is 0 Å². The van der Waals surface area contributed by atoms with Crippen LogP contribution < -0.4 is 4.74 Å². The van der Waals surface area contributed by atoms with E-state index in [-0.39, 0.29) is 35.0 Å². The summed E-state index contributed by atoms with van der Waals surface area (Å²) in [6, 6.07) is 7.33. The Morgan fingerprint density at radius 1 is 1.10 bits per heavy atom. The van der Waals surface area contributed by atoms with Crippen molar-refractivity contribution in [2.75, 3.05) is 0 Å². The fourth-order valence-corrected chi connectivity index (χ4v) is 3.58. The second kappa shape index (κ2) is 8.66. The van der Waals surface area contributed by atoms with Gasteiger partial charge in [0.05, 0.1) is 5.56 Å². The molecule has 158 valence electrons. The van der Waals surface area contributed by atoms with E-state index in [9.17, 15) is 20.1 Å². The Balaban J connectivity index is 1.76. The molecule has 0 saturated carbocycles. The van der Waals surface area contributed by atoms with Crippen LogP contribution in [0.15, 0.2) is 48.1 Å². The SMILES string of the molecule is CC(C)=CCCC1(C)C=Cc2c(CCC(=O)c3ccc(O)cc3O)ccc(O)c2O1. The van der Waals surface area contributed by atoms with Crippen LogP contribution in [0.3, 0.4) is 0 Å². The fourth-order valence-electron chi connectivity index (χ4n) is 3.58. The molecule has 1 aliphatic heterocycles. The first-order chi connectivity index (χ1) is 14.2. The Morgan fingerprint density at radius 3 is 2.57 bits per heavy atom. The van der Waals surface area contributed by atoms with Crippen molar-refractivity contribution >= 4 is 11.9 Å². The van der Waals surface area contributed by atoms with Crippen LogP contribution in [-0.2, 0) is 6.42 Å². The number of hydrogen-bond acceptors (Lipinski definition) is 5. The molecule has 0 aromatic heterocycles. The van der Waals surface area contributed by atoms with Gasteiger partial charge in [0, 0.05) is 18.1 Å². The molecule has 5 nitrogen and oxygen atoms in total. The Hall–Kier alpha value is -3.21. The lowest BCUT2D eigenvalue weighted by Gasteiger charge is -2.32. The number of fused-ring (bicyclic) bond motifs is 1. The first-order valence-electron chi connectivity index (χ1n) is 10.1. The average Bonchev–Trinajstić information content (AvgIpc) is 2.67. The summed E-state index contributed by atoms with van der Waals surface area (Å²) < 4.78 is 6.18. The third-order valence-corrected chi connectivity index (χ3v) is 5.30. The second-order valence-electron chi connectivity index (χ2n) is 8.18. The first kappa shape index (κ1) is 21.5. The van der Waals surface area contributed by atoms with Gasteiger partial charge in [-0.05, 0) is 69.9 Å². The predicted octanol–water partition coefficient (Wildman–Crippen LogP) is 5.53.